The first-order valence-corrected chi connectivity index (χ1v) is 15.2. The number of hydrogen-bond donors (Lipinski definition) is 0. The van der Waals surface area contributed by atoms with E-state index in [0.29, 0.717) is 0 Å². The molecule has 0 bridgehead atoms. The third-order valence-electron chi connectivity index (χ3n) is 6.36. The van der Waals surface area contributed by atoms with E-state index in [4.69, 9.17) is 0 Å². The van der Waals surface area contributed by atoms with Crippen LogP contribution in [0.1, 0.15) is 94.4 Å². The molecule has 0 rings (SSSR count). The van der Waals surface area contributed by atoms with Gasteiger partial charge in [0, 0.05) is 0 Å². The molecule has 42 heavy (non-hydrogen) atoms. The molecular weight excluding hydrogens is 508 g/mol. The van der Waals surface area contributed by atoms with Crippen LogP contribution in [0.3, 0.4) is 0 Å². The first kappa shape index (κ1) is 38.3. The Morgan fingerprint density at radius 3 is 1.36 bits per heavy atom. The highest BCUT2D eigenvalue weighted by Crippen LogP contribution is 2.12. The molecule has 0 saturated heterocycles. The van der Waals surface area contributed by atoms with Gasteiger partial charge in [-0.05, 0) is 93.1 Å². The van der Waals surface area contributed by atoms with Crippen molar-refractivity contribution >= 4 is 6.29 Å². The molecule has 0 aliphatic rings. The van der Waals surface area contributed by atoms with Gasteiger partial charge in [0.25, 0.3) is 0 Å². The van der Waals surface area contributed by atoms with Crippen molar-refractivity contribution < 1.29 is 4.79 Å². The van der Waals surface area contributed by atoms with Crippen molar-refractivity contribution in [2.75, 3.05) is 0 Å². The van der Waals surface area contributed by atoms with E-state index in [-0.39, 0.29) is 0 Å². The first-order valence-electron chi connectivity index (χ1n) is 15.2. The summed E-state index contributed by atoms with van der Waals surface area (Å²) in [4.78, 5) is 10.7. The molecule has 0 N–H and O–H groups in total. The van der Waals surface area contributed by atoms with Gasteiger partial charge in [0.05, 0.1) is 0 Å². The van der Waals surface area contributed by atoms with E-state index in [2.05, 4.69) is 159 Å². The normalized spacial score (nSPS) is 15.4. The van der Waals surface area contributed by atoms with Gasteiger partial charge in [-0.25, -0.2) is 0 Å². The van der Waals surface area contributed by atoms with Gasteiger partial charge in [0.2, 0.25) is 0 Å². The van der Waals surface area contributed by atoms with Gasteiger partial charge in [-0.2, -0.15) is 0 Å². The van der Waals surface area contributed by atoms with Crippen molar-refractivity contribution in [3.8, 4) is 0 Å². The van der Waals surface area contributed by atoms with Crippen molar-refractivity contribution in [2.45, 2.75) is 94.4 Å². The molecule has 0 spiro atoms. The van der Waals surface area contributed by atoms with Crippen LogP contribution in [-0.2, 0) is 4.79 Å². The van der Waals surface area contributed by atoms with E-state index in [0.717, 1.165) is 44.0 Å². The minimum atomic E-state index is 0.804. The van der Waals surface area contributed by atoms with E-state index in [1.54, 1.807) is 0 Å². The van der Waals surface area contributed by atoms with E-state index >= 15 is 0 Å². The number of rotatable bonds is 18. The number of carbonyl (C=O) groups is 1. The second-order valence-corrected chi connectivity index (χ2v) is 11.1. The summed E-state index contributed by atoms with van der Waals surface area (Å²) in [5, 5.41) is 0. The van der Waals surface area contributed by atoms with Gasteiger partial charge in [-0.3, -0.25) is 4.79 Å². The van der Waals surface area contributed by atoms with Crippen molar-refractivity contribution in [3.05, 3.63) is 154 Å². The van der Waals surface area contributed by atoms with Gasteiger partial charge < -0.3 is 0 Å². The summed E-state index contributed by atoms with van der Waals surface area (Å²) in [5.74, 6) is 0. The van der Waals surface area contributed by atoms with Gasteiger partial charge in [-0.15, -0.1) is 0 Å². The highest BCUT2D eigenvalue weighted by molar-refractivity contribution is 5.71. The highest BCUT2D eigenvalue weighted by atomic mass is 16.1. The Morgan fingerprint density at radius 1 is 0.476 bits per heavy atom. The van der Waals surface area contributed by atoms with Crippen LogP contribution in [0, 0.1) is 0 Å². The Bertz CT molecular complexity index is 1210. The lowest BCUT2D eigenvalue weighted by Crippen LogP contribution is -1.82. The molecule has 0 aromatic carbocycles. The zero-order valence-corrected chi connectivity index (χ0v) is 27.9. The fourth-order valence-corrected chi connectivity index (χ4v) is 3.62. The van der Waals surface area contributed by atoms with E-state index in [9.17, 15) is 4.79 Å². The molecule has 0 fully saturated rings. The maximum atomic E-state index is 10.7. The van der Waals surface area contributed by atoms with E-state index in [1.807, 2.05) is 13.0 Å². The molecule has 0 unspecified atom stereocenters. The summed E-state index contributed by atoms with van der Waals surface area (Å²) in [7, 11) is 0. The maximum Gasteiger partial charge on any atom is 0.145 e. The van der Waals surface area contributed by atoms with Crippen LogP contribution < -0.4 is 0 Å². The minimum absolute atomic E-state index is 0.804. The van der Waals surface area contributed by atoms with Gasteiger partial charge >= 0.3 is 0 Å². The van der Waals surface area contributed by atoms with Crippen LogP contribution in [0.25, 0.3) is 0 Å². The van der Waals surface area contributed by atoms with Crippen LogP contribution in [0.5, 0.6) is 0 Å². The molecule has 0 amide bonds. The lowest BCUT2D eigenvalue weighted by atomic mass is 10.1. The minimum Gasteiger partial charge on any atom is -0.298 e. The monoisotopic (exact) mass is 564 g/mol. The third kappa shape index (κ3) is 24.1. The molecule has 0 atom stereocenters. The molecule has 0 aromatic rings. The van der Waals surface area contributed by atoms with Gasteiger partial charge in [0.15, 0.2) is 0 Å². The lowest BCUT2D eigenvalue weighted by molar-refractivity contribution is -0.104. The second-order valence-electron chi connectivity index (χ2n) is 11.1. The van der Waals surface area contributed by atoms with Crippen LogP contribution in [-0.4, -0.2) is 6.29 Å². The number of carbonyl (C=O) groups excluding carboxylic acids is 1. The predicted molar refractivity (Wildman–Crippen MR) is 191 cm³/mol. The summed E-state index contributed by atoms with van der Waals surface area (Å²) in [6, 6.07) is 0. The zero-order chi connectivity index (χ0) is 31.6. The topological polar surface area (TPSA) is 17.1 Å². The molecule has 0 saturated carbocycles. The SMILES string of the molecule is CC\C(=C/C=C/C(C)=C/C=C/C(C)=C/C=C/C=C(C)/C=C/C=C(C)/C=C/C=C(\C)CCC=C(C)C)CC/C=C(/C)C=O. The number of allylic oxidation sites excluding steroid dienone is 26. The molecule has 1 heteroatoms. The van der Waals surface area contributed by atoms with Crippen molar-refractivity contribution in [1.29, 1.82) is 0 Å². The summed E-state index contributed by atoms with van der Waals surface area (Å²) >= 11 is 0. The molecule has 226 valence electrons. The molecule has 0 aliphatic heterocycles. The van der Waals surface area contributed by atoms with Gasteiger partial charge in [0.1, 0.15) is 6.29 Å². The first-order chi connectivity index (χ1) is 20.1. The van der Waals surface area contributed by atoms with Crippen molar-refractivity contribution in [1.82, 2.24) is 0 Å². The molecule has 0 heterocycles. The number of hydrogen-bond acceptors (Lipinski definition) is 1. The maximum absolute atomic E-state index is 10.7. The molecule has 0 radical (unpaired) electrons. The standard InChI is InChI=1S/C41H56O/c1-10-41(32-18-30-40(9)33-42)31-17-29-39(8)28-15-24-36(5)21-12-11-20-35(4)23-14-26-38(7)27-16-25-37(6)22-13-19-34(2)3/h11-12,14-17,19-21,23-31,33H,10,13,18,22,32H2,1-9H3/b12-11+,23-14+,24-15+,27-16+,29-17+,35-20+,36-21+,37-25+,38-26+,39-28+,40-30-,41-31+. The Balaban J connectivity index is 4.79. The fraction of sp³-hybridized carbons (Fsp3) is 0.341. The van der Waals surface area contributed by atoms with Crippen molar-refractivity contribution in [3.63, 3.8) is 0 Å². The summed E-state index contributed by atoms with van der Waals surface area (Å²) < 4.78 is 0. The molecule has 0 aliphatic carbocycles. The van der Waals surface area contributed by atoms with Crippen LogP contribution >= 0.6 is 0 Å². The predicted octanol–water partition coefficient (Wildman–Crippen LogP) is 12.5. The molecule has 0 aromatic heterocycles. The Morgan fingerprint density at radius 2 is 0.905 bits per heavy atom. The smallest absolute Gasteiger partial charge is 0.145 e. The second kappa shape index (κ2) is 25.0. The van der Waals surface area contributed by atoms with Crippen LogP contribution in [0.15, 0.2) is 154 Å². The lowest BCUT2D eigenvalue weighted by Gasteiger charge is -2.00. The van der Waals surface area contributed by atoms with Crippen LogP contribution in [0.4, 0.5) is 0 Å². The fourth-order valence-electron chi connectivity index (χ4n) is 3.62. The van der Waals surface area contributed by atoms with Gasteiger partial charge in [-0.1, -0.05) is 155 Å². The van der Waals surface area contributed by atoms with Crippen LogP contribution in [0.2, 0.25) is 0 Å². The molecule has 1 nitrogen and oxygen atoms in total. The van der Waals surface area contributed by atoms with E-state index in [1.165, 1.54) is 39.0 Å². The summed E-state index contributed by atoms with van der Waals surface area (Å²) in [5.41, 5.74) is 9.80. The Hall–Kier alpha value is -3.71. The average Bonchev–Trinajstić information content (AvgIpc) is 2.94. The summed E-state index contributed by atoms with van der Waals surface area (Å²) in [6.07, 6.45) is 44.4. The quantitative estimate of drug-likeness (QED) is 0.0700. The highest BCUT2D eigenvalue weighted by Gasteiger charge is 1.93. The Labute approximate surface area is 259 Å². The molecular formula is C41H56O. The number of aldehydes is 1. The Kier molecular flexibility index (Phi) is 22.8. The average molecular weight is 565 g/mol. The zero-order valence-electron chi connectivity index (χ0n) is 27.9. The van der Waals surface area contributed by atoms with Crippen molar-refractivity contribution in [2.24, 2.45) is 0 Å². The third-order valence-corrected chi connectivity index (χ3v) is 6.36. The summed E-state index contributed by atoms with van der Waals surface area (Å²) in [6.45, 7) is 19.0. The largest absolute Gasteiger partial charge is 0.298 e. The van der Waals surface area contributed by atoms with E-state index < -0.39 is 0 Å².